The van der Waals surface area contributed by atoms with Gasteiger partial charge in [0, 0.05) is 50.5 Å². The van der Waals surface area contributed by atoms with E-state index >= 15 is 0 Å². The van der Waals surface area contributed by atoms with Crippen molar-refractivity contribution in [2.24, 2.45) is 10.9 Å². The van der Waals surface area contributed by atoms with Crippen LogP contribution in [0.25, 0.3) is 6.08 Å². The van der Waals surface area contributed by atoms with Crippen LogP contribution in [0, 0.1) is 12.8 Å². The van der Waals surface area contributed by atoms with Crippen molar-refractivity contribution in [3.8, 4) is 0 Å². The second kappa shape index (κ2) is 11.4. The number of ether oxygens (including phenoxy) is 1. The molecule has 2 aromatic carbocycles. The Morgan fingerprint density at radius 2 is 2.00 bits per heavy atom. The highest BCUT2D eigenvalue weighted by Crippen LogP contribution is 2.31. The summed E-state index contributed by atoms with van der Waals surface area (Å²) in [5.41, 5.74) is 2.61. The largest absolute Gasteiger partial charge is 0.381 e. The molecule has 2 fully saturated rings. The van der Waals surface area contributed by atoms with Crippen LogP contribution >= 0.6 is 0 Å². The fourth-order valence-electron chi connectivity index (χ4n) is 4.76. The first-order chi connectivity index (χ1) is 17.3. The van der Waals surface area contributed by atoms with E-state index in [2.05, 4.69) is 21.3 Å². The van der Waals surface area contributed by atoms with Crippen molar-refractivity contribution < 1.29 is 17.9 Å². The SMILES string of the molecule is C=Nc1c(/C=C\C)cccc1S(=O)(=O)Nc1ccc(C(=O)N2CCN(CC3CCOC3)CC2)cc1C. The van der Waals surface area contributed by atoms with Crippen molar-refractivity contribution in [3.63, 3.8) is 0 Å². The van der Waals surface area contributed by atoms with Gasteiger partial charge in [0.15, 0.2) is 0 Å². The molecule has 0 saturated carbocycles. The number of aryl methyl sites for hydroxylation is 1. The summed E-state index contributed by atoms with van der Waals surface area (Å²) in [7, 11) is -3.92. The molecule has 1 N–H and O–H groups in total. The van der Waals surface area contributed by atoms with Gasteiger partial charge in [-0.25, -0.2) is 8.42 Å². The first-order valence-electron chi connectivity index (χ1n) is 12.3. The Labute approximate surface area is 213 Å². The molecule has 2 heterocycles. The molecule has 1 atom stereocenters. The monoisotopic (exact) mass is 510 g/mol. The number of para-hydroxylation sites is 1. The van der Waals surface area contributed by atoms with Gasteiger partial charge in [0.05, 0.1) is 18.0 Å². The van der Waals surface area contributed by atoms with Crippen LogP contribution in [0.1, 0.15) is 34.8 Å². The third kappa shape index (κ3) is 5.86. The highest BCUT2D eigenvalue weighted by atomic mass is 32.2. The summed E-state index contributed by atoms with van der Waals surface area (Å²) in [6.07, 6.45) is 4.72. The summed E-state index contributed by atoms with van der Waals surface area (Å²) < 4.78 is 34.5. The van der Waals surface area contributed by atoms with E-state index in [0.29, 0.717) is 47.1 Å². The fraction of sp³-hybridized carbons (Fsp3) is 0.407. The number of allylic oxidation sites excluding steroid dienone is 1. The minimum Gasteiger partial charge on any atom is -0.381 e. The molecule has 0 bridgehead atoms. The summed E-state index contributed by atoms with van der Waals surface area (Å²) in [6, 6.07) is 10.0. The van der Waals surface area contributed by atoms with Crippen molar-refractivity contribution in [2.45, 2.75) is 25.2 Å². The molecule has 2 aliphatic rings. The molecule has 0 spiro atoms. The number of benzene rings is 2. The standard InChI is InChI=1S/C27H34N4O4S/c1-4-6-22-7-5-8-25(26(22)28-3)36(33,34)29-24-10-9-23(17-20(24)2)27(32)31-14-12-30(13-15-31)18-21-11-16-35-19-21/h4-10,17,21,29H,3,11-16,18-19H2,1-2H3/b6-4-. The summed E-state index contributed by atoms with van der Waals surface area (Å²) in [6.45, 7) is 13.0. The third-order valence-electron chi connectivity index (χ3n) is 6.74. The van der Waals surface area contributed by atoms with E-state index in [1.807, 2.05) is 17.9 Å². The number of piperazine rings is 1. The smallest absolute Gasteiger partial charge is 0.264 e. The molecule has 0 aliphatic carbocycles. The highest BCUT2D eigenvalue weighted by molar-refractivity contribution is 7.92. The summed E-state index contributed by atoms with van der Waals surface area (Å²) >= 11 is 0. The Morgan fingerprint density at radius 3 is 2.64 bits per heavy atom. The van der Waals surface area contributed by atoms with E-state index in [4.69, 9.17) is 4.74 Å². The number of aliphatic imine (C=N–C) groups is 1. The number of hydrogen-bond donors (Lipinski definition) is 1. The molecule has 0 aromatic heterocycles. The van der Waals surface area contributed by atoms with Gasteiger partial charge in [-0.05, 0) is 62.7 Å². The zero-order valence-corrected chi connectivity index (χ0v) is 21.8. The highest BCUT2D eigenvalue weighted by Gasteiger charge is 2.26. The Balaban J connectivity index is 1.43. The number of nitrogens with zero attached hydrogens (tertiary/aromatic N) is 3. The minimum atomic E-state index is -3.92. The van der Waals surface area contributed by atoms with Crippen LogP contribution in [-0.4, -0.2) is 76.8 Å². The van der Waals surface area contributed by atoms with Crippen LogP contribution in [0.15, 0.2) is 52.4 Å². The number of sulfonamides is 1. The lowest BCUT2D eigenvalue weighted by molar-refractivity contribution is 0.0611. The Bertz CT molecular complexity index is 1240. The van der Waals surface area contributed by atoms with E-state index in [-0.39, 0.29) is 10.8 Å². The lowest BCUT2D eigenvalue weighted by Gasteiger charge is -2.35. The molecule has 36 heavy (non-hydrogen) atoms. The normalized spacial score (nSPS) is 19.1. The minimum absolute atomic E-state index is 0.0337. The molecule has 0 radical (unpaired) electrons. The maximum absolute atomic E-state index is 13.2. The molecule has 1 amide bonds. The van der Waals surface area contributed by atoms with Crippen molar-refractivity contribution in [1.29, 1.82) is 0 Å². The van der Waals surface area contributed by atoms with Gasteiger partial charge in [0.1, 0.15) is 4.90 Å². The molecule has 4 rings (SSSR count). The quantitative estimate of drug-likeness (QED) is 0.543. The lowest BCUT2D eigenvalue weighted by atomic mass is 10.1. The van der Waals surface area contributed by atoms with Crippen LogP contribution < -0.4 is 4.72 Å². The van der Waals surface area contributed by atoms with Crippen LogP contribution in [-0.2, 0) is 14.8 Å². The molecular formula is C27H34N4O4S. The molecule has 192 valence electrons. The Morgan fingerprint density at radius 1 is 1.22 bits per heavy atom. The van der Waals surface area contributed by atoms with Gasteiger partial charge < -0.3 is 9.64 Å². The topological polar surface area (TPSA) is 91.3 Å². The van der Waals surface area contributed by atoms with Gasteiger partial charge in [-0.1, -0.05) is 24.3 Å². The maximum Gasteiger partial charge on any atom is 0.264 e. The summed E-state index contributed by atoms with van der Waals surface area (Å²) in [5, 5.41) is 0. The first-order valence-corrected chi connectivity index (χ1v) is 13.8. The molecule has 8 nitrogen and oxygen atoms in total. The Hall–Kier alpha value is -3.01. The molecule has 2 aliphatic heterocycles. The number of amides is 1. The van der Waals surface area contributed by atoms with Gasteiger partial charge >= 0.3 is 0 Å². The molecule has 1 unspecified atom stereocenters. The number of rotatable bonds is 8. The van der Waals surface area contributed by atoms with Gasteiger partial charge in [-0.3, -0.25) is 19.4 Å². The van der Waals surface area contributed by atoms with E-state index in [0.717, 1.165) is 39.3 Å². The summed E-state index contributed by atoms with van der Waals surface area (Å²) in [4.78, 5) is 21.4. The van der Waals surface area contributed by atoms with Crippen LogP contribution in [0.2, 0.25) is 0 Å². The van der Waals surface area contributed by atoms with Crippen molar-refractivity contribution in [1.82, 2.24) is 9.80 Å². The predicted molar refractivity (Wildman–Crippen MR) is 144 cm³/mol. The molecular weight excluding hydrogens is 476 g/mol. The van der Waals surface area contributed by atoms with Gasteiger partial charge in [-0.15, -0.1) is 0 Å². The number of anilines is 1. The first kappa shape index (κ1) is 26.1. The van der Waals surface area contributed by atoms with E-state index in [1.165, 1.54) is 6.07 Å². The van der Waals surface area contributed by atoms with Crippen LogP contribution in [0.5, 0.6) is 0 Å². The summed E-state index contributed by atoms with van der Waals surface area (Å²) in [5.74, 6) is 0.559. The average molecular weight is 511 g/mol. The average Bonchev–Trinajstić information content (AvgIpc) is 3.38. The molecule has 2 aromatic rings. The number of hydrogen-bond acceptors (Lipinski definition) is 6. The zero-order valence-electron chi connectivity index (χ0n) is 20.9. The molecule has 9 heteroatoms. The van der Waals surface area contributed by atoms with Crippen LogP contribution in [0.3, 0.4) is 0 Å². The van der Waals surface area contributed by atoms with E-state index < -0.39 is 10.0 Å². The van der Waals surface area contributed by atoms with Crippen LogP contribution in [0.4, 0.5) is 11.4 Å². The lowest BCUT2D eigenvalue weighted by Crippen LogP contribution is -2.49. The fourth-order valence-corrected chi connectivity index (χ4v) is 6.08. The maximum atomic E-state index is 13.2. The van der Waals surface area contributed by atoms with E-state index in [9.17, 15) is 13.2 Å². The van der Waals surface area contributed by atoms with Crippen molar-refractivity contribution in [2.75, 3.05) is 50.7 Å². The number of carbonyl (C=O) groups excluding carboxylic acids is 1. The predicted octanol–water partition coefficient (Wildman–Crippen LogP) is 3.96. The number of carbonyl (C=O) groups is 1. The van der Waals surface area contributed by atoms with Gasteiger partial charge in [-0.2, -0.15) is 0 Å². The van der Waals surface area contributed by atoms with E-state index in [1.54, 1.807) is 43.3 Å². The molecule has 2 saturated heterocycles. The Kier molecular flexibility index (Phi) is 8.23. The zero-order chi connectivity index (χ0) is 25.7. The van der Waals surface area contributed by atoms with Crippen molar-refractivity contribution in [3.05, 3.63) is 59.2 Å². The van der Waals surface area contributed by atoms with Gasteiger partial charge in [0.2, 0.25) is 0 Å². The van der Waals surface area contributed by atoms with Crippen molar-refractivity contribution >= 4 is 40.1 Å². The third-order valence-corrected chi connectivity index (χ3v) is 8.14. The number of nitrogens with one attached hydrogen (secondary N) is 1. The van der Waals surface area contributed by atoms with Gasteiger partial charge in [0.25, 0.3) is 15.9 Å². The second-order valence-corrected chi connectivity index (χ2v) is 11.0. The second-order valence-electron chi connectivity index (χ2n) is 9.31.